The third-order valence-electron chi connectivity index (χ3n) is 2.78. The number of nitrogen functional groups attached to an aromatic ring is 1. The van der Waals surface area contributed by atoms with Crippen LogP contribution in [0.2, 0.25) is 0 Å². The predicted molar refractivity (Wildman–Crippen MR) is 70.1 cm³/mol. The van der Waals surface area contributed by atoms with Crippen LogP contribution < -0.4 is 11.1 Å². The van der Waals surface area contributed by atoms with E-state index in [1.54, 1.807) is 0 Å². The Kier molecular flexibility index (Phi) is 2.68. The van der Waals surface area contributed by atoms with Crippen LogP contribution in [0.3, 0.4) is 0 Å². The van der Waals surface area contributed by atoms with Gasteiger partial charge in [0.15, 0.2) is 0 Å². The Bertz CT molecular complexity index is 519. The molecule has 5 heteroatoms. The molecule has 0 saturated heterocycles. The molecule has 4 nitrogen and oxygen atoms in total. The molecule has 2 aromatic rings. The maximum absolute atomic E-state index is 5.73. The molecule has 17 heavy (non-hydrogen) atoms. The van der Waals surface area contributed by atoms with Gasteiger partial charge in [-0.3, -0.25) is 0 Å². The second-order valence-corrected chi connectivity index (χ2v) is 5.08. The van der Waals surface area contributed by atoms with Gasteiger partial charge >= 0.3 is 0 Å². The number of aromatic nitrogens is 2. The lowest BCUT2D eigenvalue weighted by atomic mass is 10.2. The first-order chi connectivity index (χ1) is 8.31. The second-order valence-electron chi connectivity index (χ2n) is 4.33. The molecule has 0 bridgehead atoms. The van der Waals surface area contributed by atoms with Crippen molar-refractivity contribution < 1.29 is 0 Å². The van der Waals surface area contributed by atoms with E-state index in [4.69, 9.17) is 5.73 Å². The molecule has 1 aromatic heterocycles. The maximum atomic E-state index is 5.73. The van der Waals surface area contributed by atoms with Crippen LogP contribution in [0.5, 0.6) is 0 Å². The van der Waals surface area contributed by atoms with Gasteiger partial charge < -0.3 is 11.1 Å². The highest BCUT2D eigenvalue weighted by Gasteiger charge is 2.27. The number of hydrogen-bond donors (Lipinski definition) is 2. The molecular formula is C12H14N4S. The smallest absolute Gasteiger partial charge is 0.202 e. The summed E-state index contributed by atoms with van der Waals surface area (Å²) in [4.78, 5) is 4.47. The van der Waals surface area contributed by atoms with Crippen molar-refractivity contribution in [3.63, 3.8) is 0 Å². The van der Waals surface area contributed by atoms with Gasteiger partial charge in [0, 0.05) is 29.7 Å². The summed E-state index contributed by atoms with van der Waals surface area (Å²) in [7, 11) is 0. The van der Waals surface area contributed by atoms with Gasteiger partial charge in [-0.2, -0.15) is 4.37 Å². The predicted octanol–water partition coefficient (Wildman–Crippen LogP) is 2.61. The SMILES string of the molecule is Nc1cccc(CNc2nc(C3CC3)ns2)c1. The van der Waals surface area contributed by atoms with Crippen molar-refractivity contribution in [2.45, 2.75) is 25.3 Å². The molecule has 0 spiro atoms. The summed E-state index contributed by atoms with van der Waals surface area (Å²) >= 11 is 1.44. The summed E-state index contributed by atoms with van der Waals surface area (Å²) in [5.74, 6) is 1.62. The molecule has 0 radical (unpaired) electrons. The first kappa shape index (κ1) is 10.5. The number of nitrogens with zero attached hydrogens (tertiary/aromatic N) is 2. The number of rotatable bonds is 4. The van der Waals surface area contributed by atoms with E-state index >= 15 is 0 Å². The maximum Gasteiger partial charge on any atom is 0.202 e. The molecule has 0 atom stereocenters. The highest BCUT2D eigenvalue weighted by Crippen LogP contribution is 2.39. The monoisotopic (exact) mass is 246 g/mol. The van der Waals surface area contributed by atoms with E-state index in [0.29, 0.717) is 5.92 Å². The molecule has 0 aliphatic heterocycles. The Morgan fingerprint density at radius 1 is 1.41 bits per heavy atom. The van der Waals surface area contributed by atoms with Crippen LogP contribution in [0, 0.1) is 0 Å². The van der Waals surface area contributed by atoms with Crippen LogP contribution in [0.15, 0.2) is 24.3 Å². The van der Waals surface area contributed by atoms with E-state index in [1.165, 1.54) is 24.4 Å². The molecule has 1 aromatic carbocycles. The zero-order chi connectivity index (χ0) is 11.7. The molecule has 1 saturated carbocycles. The lowest BCUT2D eigenvalue weighted by Crippen LogP contribution is -1.99. The van der Waals surface area contributed by atoms with Gasteiger partial charge in [0.05, 0.1) is 0 Å². The summed E-state index contributed by atoms with van der Waals surface area (Å²) < 4.78 is 4.35. The summed E-state index contributed by atoms with van der Waals surface area (Å²) in [6.45, 7) is 0.740. The van der Waals surface area contributed by atoms with E-state index in [2.05, 4.69) is 14.7 Å². The molecule has 0 amide bonds. The number of benzene rings is 1. The van der Waals surface area contributed by atoms with Crippen molar-refractivity contribution in [1.29, 1.82) is 0 Å². The number of nitrogens with two attached hydrogens (primary N) is 1. The molecule has 1 aliphatic carbocycles. The minimum Gasteiger partial charge on any atom is -0.399 e. The Hall–Kier alpha value is -1.62. The third-order valence-corrected chi connectivity index (χ3v) is 3.47. The van der Waals surface area contributed by atoms with Crippen LogP contribution in [-0.4, -0.2) is 9.36 Å². The van der Waals surface area contributed by atoms with Crippen molar-refractivity contribution in [2.24, 2.45) is 0 Å². The van der Waals surface area contributed by atoms with Crippen molar-refractivity contribution in [3.8, 4) is 0 Å². The fourth-order valence-electron chi connectivity index (χ4n) is 1.69. The number of nitrogens with one attached hydrogen (secondary N) is 1. The van der Waals surface area contributed by atoms with E-state index < -0.39 is 0 Å². The fraction of sp³-hybridized carbons (Fsp3) is 0.333. The quantitative estimate of drug-likeness (QED) is 0.814. The third kappa shape index (κ3) is 2.55. The Morgan fingerprint density at radius 2 is 2.29 bits per heavy atom. The van der Waals surface area contributed by atoms with Crippen LogP contribution in [-0.2, 0) is 6.54 Å². The molecule has 0 unspecified atom stereocenters. The minimum atomic E-state index is 0.620. The first-order valence-electron chi connectivity index (χ1n) is 5.73. The Morgan fingerprint density at radius 3 is 3.06 bits per heavy atom. The van der Waals surface area contributed by atoms with Gasteiger partial charge in [-0.1, -0.05) is 12.1 Å². The van der Waals surface area contributed by atoms with Crippen molar-refractivity contribution in [2.75, 3.05) is 11.1 Å². The average Bonchev–Trinajstić information content (AvgIpc) is 3.07. The number of hydrogen-bond acceptors (Lipinski definition) is 5. The fourth-order valence-corrected chi connectivity index (χ4v) is 2.34. The first-order valence-corrected chi connectivity index (χ1v) is 6.50. The lowest BCUT2D eigenvalue weighted by Gasteiger charge is -2.02. The van der Waals surface area contributed by atoms with Crippen LogP contribution in [0.4, 0.5) is 10.8 Å². The van der Waals surface area contributed by atoms with Gasteiger partial charge in [-0.25, -0.2) is 4.98 Å². The van der Waals surface area contributed by atoms with Crippen LogP contribution in [0.25, 0.3) is 0 Å². The number of anilines is 2. The summed E-state index contributed by atoms with van der Waals surface area (Å²) in [5, 5.41) is 4.18. The summed E-state index contributed by atoms with van der Waals surface area (Å²) in [6, 6.07) is 7.86. The van der Waals surface area contributed by atoms with Crippen LogP contribution >= 0.6 is 11.5 Å². The van der Waals surface area contributed by atoms with Crippen molar-refractivity contribution in [1.82, 2.24) is 9.36 Å². The average molecular weight is 246 g/mol. The highest BCUT2D eigenvalue weighted by molar-refractivity contribution is 7.09. The molecule has 1 aliphatic rings. The van der Waals surface area contributed by atoms with E-state index in [-0.39, 0.29) is 0 Å². The van der Waals surface area contributed by atoms with Crippen molar-refractivity contribution >= 4 is 22.4 Å². The zero-order valence-electron chi connectivity index (χ0n) is 9.39. The van der Waals surface area contributed by atoms with Gasteiger partial charge in [0.25, 0.3) is 0 Å². The topological polar surface area (TPSA) is 63.8 Å². The zero-order valence-corrected chi connectivity index (χ0v) is 10.2. The largest absolute Gasteiger partial charge is 0.399 e. The highest BCUT2D eigenvalue weighted by atomic mass is 32.1. The Labute approximate surface area is 104 Å². The molecule has 88 valence electrons. The molecule has 1 heterocycles. The summed E-state index contributed by atoms with van der Waals surface area (Å²) in [6.07, 6.45) is 2.48. The van der Waals surface area contributed by atoms with Crippen molar-refractivity contribution in [3.05, 3.63) is 35.7 Å². The molecule has 3 rings (SSSR count). The standard InChI is InChI=1S/C12H14N4S/c13-10-3-1-2-8(6-10)7-14-12-15-11(16-17-12)9-4-5-9/h1-3,6,9H,4-5,7,13H2,(H,14,15,16). The van der Waals surface area contributed by atoms with Crippen LogP contribution in [0.1, 0.15) is 30.1 Å². The summed E-state index contributed by atoms with van der Waals surface area (Å²) in [5.41, 5.74) is 7.68. The van der Waals surface area contributed by atoms with E-state index in [1.807, 2.05) is 24.3 Å². The van der Waals surface area contributed by atoms with Gasteiger partial charge in [-0.15, -0.1) is 0 Å². The minimum absolute atomic E-state index is 0.620. The lowest BCUT2D eigenvalue weighted by molar-refractivity contribution is 0.980. The Balaban J connectivity index is 1.62. The van der Waals surface area contributed by atoms with Gasteiger partial charge in [0.2, 0.25) is 5.13 Å². The van der Waals surface area contributed by atoms with Gasteiger partial charge in [-0.05, 0) is 30.5 Å². The van der Waals surface area contributed by atoms with E-state index in [0.717, 1.165) is 28.8 Å². The molecule has 1 fully saturated rings. The van der Waals surface area contributed by atoms with Gasteiger partial charge in [0.1, 0.15) is 5.82 Å². The normalized spacial score (nSPS) is 14.8. The molecule has 3 N–H and O–H groups in total. The second kappa shape index (κ2) is 4.33. The molecular weight excluding hydrogens is 232 g/mol. The van der Waals surface area contributed by atoms with E-state index in [9.17, 15) is 0 Å².